The SMILES string of the molecule is CN(c1ncnc2[nH]ccc12)C1CN(C(=O)Nc2ccc(Cl)cc2Cl)CC12CC2. The topological polar surface area (TPSA) is 77.2 Å². The molecule has 1 aliphatic heterocycles. The fraction of sp³-hybridized carbons (Fsp3) is 0.350. The van der Waals surface area contributed by atoms with Crippen molar-refractivity contribution >= 4 is 51.8 Å². The lowest BCUT2D eigenvalue weighted by Crippen LogP contribution is -2.40. The number of benzene rings is 1. The largest absolute Gasteiger partial charge is 0.354 e. The van der Waals surface area contributed by atoms with Crippen molar-refractivity contribution < 1.29 is 4.79 Å². The molecule has 1 atom stereocenters. The van der Waals surface area contributed by atoms with E-state index in [1.54, 1.807) is 24.5 Å². The van der Waals surface area contributed by atoms with Gasteiger partial charge in [-0.05, 0) is 37.1 Å². The maximum absolute atomic E-state index is 12.9. The molecule has 150 valence electrons. The van der Waals surface area contributed by atoms with Crippen LogP contribution in [0.3, 0.4) is 0 Å². The van der Waals surface area contributed by atoms with E-state index in [-0.39, 0.29) is 17.5 Å². The van der Waals surface area contributed by atoms with Crippen molar-refractivity contribution in [3.8, 4) is 0 Å². The van der Waals surface area contributed by atoms with Gasteiger partial charge in [-0.2, -0.15) is 0 Å². The van der Waals surface area contributed by atoms with Gasteiger partial charge in [-0.25, -0.2) is 14.8 Å². The molecule has 3 heterocycles. The van der Waals surface area contributed by atoms with Gasteiger partial charge in [0.05, 0.1) is 22.1 Å². The summed E-state index contributed by atoms with van der Waals surface area (Å²) < 4.78 is 0. The molecule has 7 nitrogen and oxygen atoms in total. The van der Waals surface area contributed by atoms with Gasteiger partial charge in [0.25, 0.3) is 0 Å². The molecule has 1 saturated heterocycles. The Hall–Kier alpha value is -2.51. The lowest BCUT2D eigenvalue weighted by atomic mass is 9.99. The van der Waals surface area contributed by atoms with E-state index in [4.69, 9.17) is 23.2 Å². The highest BCUT2D eigenvalue weighted by Gasteiger charge is 2.57. The molecule has 2 aromatic heterocycles. The van der Waals surface area contributed by atoms with E-state index in [0.717, 1.165) is 36.2 Å². The third-order valence-corrected chi connectivity index (χ3v) is 6.64. The van der Waals surface area contributed by atoms with E-state index < -0.39 is 0 Å². The van der Waals surface area contributed by atoms with Gasteiger partial charge in [-0.3, -0.25) is 0 Å². The number of hydrogen-bond donors (Lipinski definition) is 2. The average molecular weight is 431 g/mol. The number of carbonyl (C=O) groups is 1. The third-order valence-electron chi connectivity index (χ3n) is 6.09. The molecular weight excluding hydrogens is 411 g/mol. The number of hydrogen-bond acceptors (Lipinski definition) is 4. The Morgan fingerprint density at radius 3 is 2.90 bits per heavy atom. The van der Waals surface area contributed by atoms with Gasteiger partial charge >= 0.3 is 6.03 Å². The Morgan fingerprint density at radius 2 is 2.14 bits per heavy atom. The number of fused-ring (bicyclic) bond motifs is 1. The molecule has 1 saturated carbocycles. The smallest absolute Gasteiger partial charge is 0.321 e. The van der Waals surface area contributed by atoms with Gasteiger partial charge in [-0.15, -0.1) is 0 Å². The van der Waals surface area contributed by atoms with Crippen LogP contribution in [0, 0.1) is 5.41 Å². The highest BCUT2D eigenvalue weighted by Crippen LogP contribution is 2.55. The number of H-pyrrole nitrogens is 1. The molecule has 5 rings (SSSR count). The minimum atomic E-state index is -0.147. The van der Waals surface area contributed by atoms with E-state index in [2.05, 4.69) is 32.2 Å². The molecule has 1 aromatic carbocycles. The first-order chi connectivity index (χ1) is 14.0. The fourth-order valence-corrected chi connectivity index (χ4v) is 4.82. The van der Waals surface area contributed by atoms with E-state index in [1.807, 2.05) is 17.2 Å². The summed E-state index contributed by atoms with van der Waals surface area (Å²) in [6.45, 7) is 1.35. The predicted octanol–water partition coefficient (Wildman–Crippen LogP) is 4.40. The number of nitrogens with zero attached hydrogens (tertiary/aromatic N) is 4. The maximum Gasteiger partial charge on any atom is 0.321 e. The standard InChI is InChI=1S/C20H20Cl2N6O/c1-27(18-13-4-7-23-17(13)24-11-25-18)16-9-28(10-20(16)5-6-20)19(29)26-15-3-2-12(21)8-14(15)22/h2-4,7-8,11,16H,5-6,9-10H2,1H3,(H,26,29)(H,23,24,25). The number of rotatable bonds is 3. The molecule has 2 fully saturated rings. The summed E-state index contributed by atoms with van der Waals surface area (Å²) in [4.78, 5) is 28.9. The first-order valence-electron chi connectivity index (χ1n) is 9.49. The van der Waals surface area contributed by atoms with E-state index >= 15 is 0 Å². The number of carbonyl (C=O) groups excluding carboxylic acids is 1. The Morgan fingerprint density at radius 1 is 1.31 bits per heavy atom. The monoisotopic (exact) mass is 430 g/mol. The van der Waals surface area contributed by atoms with Crippen LogP contribution in [0.5, 0.6) is 0 Å². The number of amides is 2. The van der Waals surface area contributed by atoms with Crippen LogP contribution in [-0.4, -0.2) is 52.1 Å². The number of likely N-dealkylation sites (N-methyl/N-ethyl adjacent to an activating group) is 1. The minimum Gasteiger partial charge on any atom is -0.354 e. The number of urea groups is 1. The van der Waals surface area contributed by atoms with Gasteiger partial charge in [0.15, 0.2) is 0 Å². The van der Waals surface area contributed by atoms with Gasteiger partial charge in [0, 0.05) is 36.8 Å². The van der Waals surface area contributed by atoms with E-state index in [1.165, 1.54) is 0 Å². The van der Waals surface area contributed by atoms with Crippen LogP contribution in [0.2, 0.25) is 10.0 Å². The van der Waals surface area contributed by atoms with Crippen LogP contribution in [0.1, 0.15) is 12.8 Å². The average Bonchev–Trinajstić information content (AvgIpc) is 3.13. The summed E-state index contributed by atoms with van der Waals surface area (Å²) in [6.07, 6.45) is 5.66. The molecule has 3 aromatic rings. The number of likely N-dealkylation sites (tertiary alicyclic amines) is 1. The molecular formula is C20H20Cl2N6O. The lowest BCUT2D eigenvalue weighted by Gasteiger charge is -2.30. The molecule has 29 heavy (non-hydrogen) atoms. The number of anilines is 2. The molecule has 1 unspecified atom stereocenters. The van der Waals surface area contributed by atoms with Crippen molar-refractivity contribution in [2.24, 2.45) is 5.41 Å². The molecule has 9 heteroatoms. The molecule has 2 aliphatic rings. The molecule has 1 aliphatic carbocycles. The van der Waals surface area contributed by atoms with Crippen LogP contribution in [0.4, 0.5) is 16.3 Å². The quantitative estimate of drug-likeness (QED) is 0.645. The summed E-state index contributed by atoms with van der Waals surface area (Å²) >= 11 is 12.2. The van der Waals surface area contributed by atoms with Crippen molar-refractivity contribution in [3.05, 3.63) is 46.8 Å². The minimum absolute atomic E-state index is 0.115. The molecule has 2 amide bonds. The zero-order valence-corrected chi connectivity index (χ0v) is 17.3. The van der Waals surface area contributed by atoms with Crippen molar-refractivity contribution in [2.45, 2.75) is 18.9 Å². The van der Waals surface area contributed by atoms with Crippen LogP contribution in [-0.2, 0) is 0 Å². The normalized spacial score (nSPS) is 19.7. The van der Waals surface area contributed by atoms with Gasteiger partial charge in [0.1, 0.15) is 17.8 Å². The lowest BCUT2D eigenvalue weighted by molar-refractivity contribution is 0.220. The van der Waals surface area contributed by atoms with Gasteiger partial charge in [0.2, 0.25) is 0 Å². The fourth-order valence-electron chi connectivity index (χ4n) is 4.36. The number of aromatic amines is 1. The summed E-state index contributed by atoms with van der Waals surface area (Å²) in [6, 6.07) is 7.09. The zero-order chi connectivity index (χ0) is 20.2. The van der Waals surface area contributed by atoms with Crippen LogP contribution in [0.25, 0.3) is 11.0 Å². The predicted molar refractivity (Wildman–Crippen MR) is 115 cm³/mol. The Labute approximate surface area is 178 Å². The van der Waals surface area contributed by atoms with Crippen molar-refractivity contribution in [1.82, 2.24) is 19.9 Å². The Balaban J connectivity index is 1.36. The molecule has 1 spiro atoms. The summed E-state index contributed by atoms with van der Waals surface area (Å²) in [5.41, 5.74) is 1.49. The van der Waals surface area contributed by atoms with Crippen molar-refractivity contribution in [1.29, 1.82) is 0 Å². The highest BCUT2D eigenvalue weighted by molar-refractivity contribution is 6.36. The first kappa shape index (κ1) is 18.5. The molecule has 0 bridgehead atoms. The summed E-state index contributed by atoms with van der Waals surface area (Å²) in [5.74, 6) is 0.885. The molecule has 0 radical (unpaired) electrons. The van der Waals surface area contributed by atoms with E-state index in [0.29, 0.717) is 22.3 Å². The van der Waals surface area contributed by atoms with Crippen molar-refractivity contribution in [3.63, 3.8) is 0 Å². The Bertz CT molecular complexity index is 1100. The van der Waals surface area contributed by atoms with Crippen LogP contribution < -0.4 is 10.2 Å². The number of nitrogens with one attached hydrogen (secondary N) is 2. The number of aromatic nitrogens is 3. The second-order valence-electron chi connectivity index (χ2n) is 7.86. The van der Waals surface area contributed by atoms with Crippen LogP contribution in [0.15, 0.2) is 36.8 Å². The summed E-state index contributed by atoms with van der Waals surface area (Å²) in [7, 11) is 2.05. The number of halogens is 2. The van der Waals surface area contributed by atoms with Crippen LogP contribution >= 0.6 is 23.2 Å². The Kier molecular flexibility index (Phi) is 4.33. The maximum atomic E-state index is 12.9. The first-order valence-corrected chi connectivity index (χ1v) is 10.2. The van der Waals surface area contributed by atoms with Gasteiger partial charge in [-0.1, -0.05) is 23.2 Å². The van der Waals surface area contributed by atoms with Gasteiger partial charge < -0.3 is 20.1 Å². The second-order valence-corrected chi connectivity index (χ2v) is 8.70. The van der Waals surface area contributed by atoms with Crippen molar-refractivity contribution in [2.75, 3.05) is 30.4 Å². The second kappa shape index (κ2) is 6.78. The highest BCUT2D eigenvalue weighted by atomic mass is 35.5. The zero-order valence-electron chi connectivity index (χ0n) is 15.8. The van der Waals surface area contributed by atoms with E-state index in [9.17, 15) is 4.79 Å². The molecule has 2 N–H and O–H groups in total. The summed E-state index contributed by atoms with van der Waals surface area (Å²) in [5, 5.41) is 4.87. The third kappa shape index (κ3) is 3.18.